The van der Waals surface area contributed by atoms with Crippen LogP contribution in [0.3, 0.4) is 0 Å². The van der Waals surface area contributed by atoms with Crippen LogP contribution in [0.5, 0.6) is 11.5 Å². The van der Waals surface area contributed by atoms with Crippen molar-refractivity contribution in [3.63, 3.8) is 0 Å². The fourth-order valence-corrected chi connectivity index (χ4v) is 2.26. The second-order valence-electron chi connectivity index (χ2n) is 6.13. The number of halogens is 3. The minimum absolute atomic E-state index is 0.175. The third-order valence-electron chi connectivity index (χ3n) is 3.67. The maximum atomic E-state index is 12.3. The first-order valence-corrected chi connectivity index (χ1v) is 9.24. The van der Waals surface area contributed by atoms with Gasteiger partial charge < -0.3 is 20.1 Å². The summed E-state index contributed by atoms with van der Waals surface area (Å²) in [5.74, 6) is 1.67. The van der Waals surface area contributed by atoms with E-state index in [0.29, 0.717) is 30.7 Å². The predicted octanol–water partition coefficient (Wildman–Crippen LogP) is 4.44. The van der Waals surface area contributed by atoms with Crippen molar-refractivity contribution in [2.24, 2.45) is 4.99 Å². The van der Waals surface area contributed by atoms with Gasteiger partial charge in [-0.05, 0) is 37.5 Å². The lowest BCUT2D eigenvalue weighted by atomic mass is 10.1. The highest BCUT2D eigenvalue weighted by Crippen LogP contribution is 2.31. The highest BCUT2D eigenvalue weighted by molar-refractivity contribution is 5.80. The van der Waals surface area contributed by atoms with Crippen molar-refractivity contribution in [2.75, 3.05) is 26.8 Å². The van der Waals surface area contributed by atoms with Crippen LogP contribution in [0.4, 0.5) is 13.2 Å². The number of benzene rings is 1. The zero-order valence-corrected chi connectivity index (χ0v) is 16.4. The molecule has 0 aliphatic carbocycles. The van der Waals surface area contributed by atoms with Gasteiger partial charge in [-0.15, -0.1) is 0 Å². The van der Waals surface area contributed by atoms with Gasteiger partial charge >= 0.3 is 6.18 Å². The van der Waals surface area contributed by atoms with Crippen LogP contribution < -0.4 is 20.1 Å². The highest BCUT2D eigenvalue weighted by atomic mass is 19.4. The molecule has 0 fully saturated rings. The Balaban J connectivity index is 2.77. The second-order valence-corrected chi connectivity index (χ2v) is 6.13. The lowest BCUT2D eigenvalue weighted by Gasteiger charge is -2.20. The summed E-state index contributed by atoms with van der Waals surface area (Å²) in [5, 5.41) is 5.77. The van der Waals surface area contributed by atoms with E-state index in [4.69, 9.17) is 9.47 Å². The van der Waals surface area contributed by atoms with Gasteiger partial charge in [-0.1, -0.05) is 19.9 Å². The third-order valence-corrected chi connectivity index (χ3v) is 3.67. The van der Waals surface area contributed by atoms with Gasteiger partial charge in [0, 0.05) is 13.6 Å². The van der Waals surface area contributed by atoms with Crippen LogP contribution in [0.2, 0.25) is 0 Å². The molecule has 1 unspecified atom stereocenters. The number of guanidine groups is 1. The summed E-state index contributed by atoms with van der Waals surface area (Å²) in [4.78, 5) is 3.97. The monoisotopic (exact) mass is 389 g/mol. The summed E-state index contributed by atoms with van der Waals surface area (Å²) in [6, 6.07) is 5.48. The molecule has 0 saturated heterocycles. The molecule has 1 atom stereocenters. The Morgan fingerprint density at radius 3 is 2.30 bits per heavy atom. The molecule has 0 aromatic heterocycles. The number of nitrogens with one attached hydrogen (secondary N) is 2. The lowest BCUT2D eigenvalue weighted by Crippen LogP contribution is -2.40. The third kappa shape index (κ3) is 8.88. The average Bonchev–Trinajstić information content (AvgIpc) is 2.62. The maximum Gasteiger partial charge on any atom is 0.390 e. The van der Waals surface area contributed by atoms with Crippen molar-refractivity contribution in [2.45, 2.75) is 52.3 Å². The van der Waals surface area contributed by atoms with Crippen LogP contribution in [0.25, 0.3) is 0 Å². The molecule has 154 valence electrons. The maximum absolute atomic E-state index is 12.3. The standard InChI is InChI=1S/C19H30F3N3O2/c1-5-11-26-16-8-7-15(13-17(16)27-12-6-2)14(3)25-18(23-4)24-10-9-19(20,21)22/h7-8,13-14H,5-6,9-12H2,1-4H3,(H2,23,24,25). The van der Waals surface area contributed by atoms with E-state index >= 15 is 0 Å². The van der Waals surface area contributed by atoms with E-state index in [9.17, 15) is 13.2 Å². The number of hydrogen-bond donors (Lipinski definition) is 2. The van der Waals surface area contributed by atoms with Crippen LogP contribution in [0.1, 0.15) is 51.6 Å². The molecule has 1 aromatic rings. The van der Waals surface area contributed by atoms with Gasteiger partial charge in [0.15, 0.2) is 17.5 Å². The van der Waals surface area contributed by atoms with Crippen molar-refractivity contribution < 1.29 is 22.6 Å². The van der Waals surface area contributed by atoms with Crippen molar-refractivity contribution in [1.82, 2.24) is 10.6 Å². The van der Waals surface area contributed by atoms with E-state index in [1.165, 1.54) is 7.05 Å². The van der Waals surface area contributed by atoms with Crippen LogP contribution in [-0.2, 0) is 0 Å². The van der Waals surface area contributed by atoms with Gasteiger partial charge in [0.1, 0.15) is 0 Å². The fraction of sp³-hybridized carbons (Fsp3) is 0.632. The molecule has 0 saturated carbocycles. The van der Waals surface area contributed by atoms with Crippen molar-refractivity contribution in [3.8, 4) is 11.5 Å². The molecule has 1 aromatic carbocycles. The number of hydrogen-bond acceptors (Lipinski definition) is 3. The molecular formula is C19H30F3N3O2. The van der Waals surface area contributed by atoms with Gasteiger partial charge in [-0.3, -0.25) is 4.99 Å². The molecule has 0 amide bonds. The quantitative estimate of drug-likeness (QED) is 0.459. The van der Waals surface area contributed by atoms with Crippen molar-refractivity contribution in [3.05, 3.63) is 23.8 Å². The van der Waals surface area contributed by atoms with Crippen molar-refractivity contribution in [1.29, 1.82) is 0 Å². The average molecular weight is 389 g/mol. The Labute approximate surface area is 159 Å². The molecule has 0 aliphatic heterocycles. The second kappa shape index (κ2) is 11.6. The van der Waals surface area contributed by atoms with E-state index in [0.717, 1.165) is 18.4 Å². The summed E-state index contributed by atoms with van der Waals surface area (Å²) in [5.41, 5.74) is 0.920. The molecule has 0 radical (unpaired) electrons. The molecule has 5 nitrogen and oxygen atoms in total. The van der Waals surface area contributed by atoms with Gasteiger partial charge in [0.05, 0.1) is 25.7 Å². The van der Waals surface area contributed by atoms with E-state index in [1.807, 2.05) is 39.0 Å². The molecule has 8 heteroatoms. The zero-order chi connectivity index (χ0) is 20.3. The summed E-state index contributed by atoms with van der Waals surface area (Å²) in [6.45, 7) is 6.91. The number of ether oxygens (including phenoxy) is 2. The predicted molar refractivity (Wildman–Crippen MR) is 102 cm³/mol. The zero-order valence-electron chi connectivity index (χ0n) is 16.4. The molecule has 0 bridgehead atoms. The summed E-state index contributed by atoms with van der Waals surface area (Å²) in [6.07, 6.45) is -3.34. The molecule has 0 heterocycles. The van der Waals surface area contributed by atoms with Gasteiger partial charge in [0.2, 0.25) is 0 Å². The highest BCUT2D eigenvalue weighted by Gasteiger charge is 2.26. The fourth-order valence-electron chi connectivity index (χ4n) is 2.26. The number of aliphatic imine (C=N–C) groups is 1. The number of alkyl halides is 3. The smallest absolute Gasteiger partial charge is 0.390 e. The minimum atomic E-state index is -4.20. The van der Waals surface area contributed by atoms with Gasteiger partial charge in [-0.2, -0.15) is 13.2 Å². The van der Waals surface area contributed by atoms with Crippen LogP contribution in [-0.4, -0.2) is 38.9 Å². The van der Waals surface area contributed by atoms with Crippen LogP contribution >= 0.6 is 0 Å². The topological polar surface area (TPSA) is 54.9 Å². The molecule has 27 heavy (non-hydrogen) atoms. The Morgan fingerprint density at radius 1 is 1.11 bits per heavy atom. The molecule has 1 rings (SSSR count). The number of rotatable bonds is 10. The van der Waals surface area contributed by atoms with Crippen LogP contribution in [0.15, 0.2) is 23.2 Å². The Kier molecular flexibility index (Phi) is 9.82. The molecule has 0 spiro atoms. The van der Waals surface area contributed by atoms with E-state index in [2.05, 4.69) is 15.6 Å². The number of nitrogens with zero attached hydrogens (tertiary/aromatic N) is 1. The van der Waals surface area contributed by atoms with Gasteiger partial charge in [0.25, 0.3) is 0 Å². The molecular weight excluding hydrogens is 359 g/mol. The lowest BCUT2D eigenvalue weighted by molar-refractivity contribution is -0.132. The van der Waals surface area contributed by atoms with Crippen molar-refractivity contribution >= 4 is 5.96 Å². The largest absolute Gasteiger partial charge is 0.490 e. The Bertz CT molecular complexity index is 592. The molecule has 2 N–H and O–H groups in total. The van der Waals surface area contributed by atoms with Gasteiger partial charge in [-0.25, -0.2) is 0 Å². The Morgan fingerprint density at radius 2 is 1.74 bits per heavy atom. The normalized spacial score (nSPS) is 13.2. The van der Waals surface area contributed by atoms with Crippen LogP contribution in [0, 0.1) is 0 Å². The van der Waals surface area contributed by atoms with E-state index < -0.39 is 12.6 Å². The summed E-state index contributed by atoms with van der Waals surface area (Å²) >= 11 is 0. The summed E-state index contributed by atoms with van der Waals surface area (Å²) < 4.78 is 48.4. The SMILES string of the molecule is CCCOc1ccc(C(C)NC(=NC)NCCC(F)(F)F)cc1OCCC. The summed E-state index contributed by atoms with van der Waals surface area (Å²) in [7, 11) is 1.52. The van der Waals surface area contributed by atoms with E-state index in [-0.39, 0.29) is 12.6 Å². The first kappa shape index (κ1) is 22.9. The Hall–Kier alpha value is -2.12. The van der Waals surface area contributed by atoms with E-state index in [1.54, 1.807) is 0 Å². The first-order chi connectivity index (χ1) is 12.8. The first-order valence-electron chi connectivity index (χ1n) is 9.24. The molecule has 0 aliphatic rings. The minimum Gasteiger partial charge on any atom is -0.490 e.